The highest BCUT2D eigenvalue weighted by Gasteiger charge is 2.25. The van der Waals surface area contributed by atoms with Gasteiger partial charge >= 0.3 is 0 Å². The summed E-state index contributed by atoms with van der Waals surface area (Å²) in [5.41, 5.74) is 2.22. The first-order valence-corrected chi connectivity index (χ1v) is 5.74. The molecule has 0 radical (unpaired) electrons. The van der Waals surface area contributed by atoms with Gasteiger partial charge < -0.3 is 10.3 Å². The van der Waals surface area contributed by atoms with Gasteiger partial charge in [-0.1, -0.05) is 0 Å². The van der Waals surface area contributed by atoms with Crippen molar-refractivity contribution >= 4 is 29.0 Å². The number of amidine groups is 1. The summed E-state index contributed by atoms with van der Waals surface area (Å²) in [5, 5.41) is 4.00. The Kier molecular flexibility index (Phi) is 1.91. The molecule has 2 aromatic heterocycles. The zero-order valence-electron chi connectivity index (χ0n) is 9.66. The zero-order valence-corrected chi connectivity index (χ0v) is 9.66. The summed E-state index contributed by atoms with van der Waals surface area (Å²) in [6.45, 7) is 0. The van der Waals surface area contributed by atoms with Crippen LogP contribution in [0.1, 0.15) is 11.9 Å². The molecule has 0 fully saturated rings. The van der Waals surface area contributed by atoms with Crippen molar-refractivity contribution in [2.75, 3.05) is 0 Å². The van der Waals surface area contributed by atoms with Crippen LogP contribution >= 0.6 is 0 Å². The average Bonchev–Trinajstić information content (AvgIpc) is 3.01. The van der Waals surface area contributed by atoms with Gasteiger partial charge in [0, 0.05) is 29.4 Å². The number of carbonyl (C=O) groups is 1. The smallest absolute Gasteiger partial charge is 0.272 e. The van der Waals surface area contributed by atoms with Crippen LogP contribution < -0.4 is 5.32 Å². The van der Waals surface area contributed by atoms with E-state index in [1.54, 1.807) is 12.4 Å². The number of aromatic amines is 1. The topological polar surface area (TPSA) is 95.4 Å². The predicted octanol–water partition coefficient (Wildman–Crippen LogP) is 0.496. The number of hydrogen-bond acceptors (Lipinski definition) is 5. The molecule has 7 heteroatoms. The Labute approximate surface area is 107 Å². The monoisotopic (exact) mass is 252 g/mol. The van der Waals surface area contributed by atoms with Crippen molar-refractivity contribution < 1.29 is 4.79 Å². The molecule has 4 heterocycles. The van der Waals surface area contributed by atoms with Gasteiger partial charge in [-0.15, -0.1) is 0 Å². The number of nitrogens with one attached hydrogen (secondary N) is 2. The van der Waals surface area contributed by atoms with Crippen LogP contribution in [0.5, 0.6) is 0 Å². The van der Waals surface area contributed by atoms with E-state index < -0.39 is 0 Å². The largest absolute Gasteiger partial charge is 0.346 e. The number of carbonyl (C=O) groups excluding carboxylic acids is 1. The summed E-state index contributed by atoms with van der Waals surface area (Å²) in [7, 11) is 0. The maximum Gasteiger partial charge on any atom is 0.272 e. The maximum absolute atomic E-state index is 11.2. The number of hydrogen-bond donors (Lipinski definition) is 2. The van der Waals surface area contributed by atoms with Crippen molar-refractivity contribution in [3.05, 3.63) is 35.9 Å². The van der Waals surface area contributed by atoms with Crippen LogP contribution in [-0.4, -0.2) is 32.9 Å². The predicted molar refractivity (Wildman–Crippen MR) is 68.8 cm³/mol. The summed E-state index contributed by atoms with van der Waals surface area (Å²) in [6.07, 6.45) is 6.03. The number of aromatic nitrogens is 3. The van der Waals surface area contributed by atoms with Crippen LogP contribution in [0.3, 0.4) is 0 Å². The number of rotatable bonds is 1. The lowest BCUT2D eigenvalue weighted by molar-refractivity contribution is -0.113. The molecule has 2 aromatic rings. The molecule has 0 spiro atoms. The second kappa shape index (κ2) is 3.58. The average molecular weight is 252 g/mol. The van der Waals surface area contributed by atoms with Crippen LogP contribution in [0.15, 0.2) is 40.2 Å². The standard InChI is InChI=1S/C12H8N6O/c19-8-3-6-4-14-12(18-10(6)17-8)9-7-1-2-13-11(7)16-5-15-9/h1-5,12H,(H,13,15,16)(H,17,18,19). The van der Waals surface area contributed by atoms with Crippen LogP contribution in [0.25, 0.3) is 11.0 Å². The fourth-order valence-corrected chi connectivity index (χ4v) is 2.19. The molecule has 19 heavy (non-hydrogen) atoms. The van der Waals surface area contributed by atoms with E-state index in [4.69, 9.17) is 0 Å². The van der Waals surface area contributed by atoms with Gasteiger partial charge in [-0.05, 0) is 6.07 Å². The molecule has 1 amide bonds. The molecule has 7 nitrogen and oxygen atoms in total. The Morgan fingerprint density at radius 2 is 2.21 bits per heavy atom. The molecule has 2 N–H and O–H groups in total. The fraction of sp³-hybridized carbons (Fsp3) is 0.0833. The zero-order chi connectivity index (χ0) is 12.8. The highest BCUT2D eigenvalue weighted by atomic mass is 16.1. The molecular formula is C12H8N6O. The van der Waals surface area contributed by atoms with Gasteiger partial charge in [-0.3, -0.25) is 9.79 Å². The van der Waals surface area contributed by atoms with Crippen molar-refractivity contribution in [2.45, 2.75) is 6.17 Å². The van der Waals surface area contributed by atoms with Gasteiger partial charge in [0.1, 0.15) is 17.8 Å². The van der Waals surface area contributed by atoms with Crippen molar-refractivity contribution in [1.82, 2.24) is 20.3 Å². The molecule has 4 rings (SSSR count). The number of aliphatic imine (C=N–C) groups is 2. The third-order valence-corrected chi connectivity index (χ3v) is 3.05. The molecule has 0 saturated carbocycles. The van der Waals surface area contributed by atoms with E-state index in [1.165, 1.54) is 12.4 Å². The minimum atomic E-state index is -0.358. The first kappa shape index (κ1) is 10.1. The maximum atomic E-state index is 11.2. The number of H-pyrrole nitrogens is 1. The van der Waals surface area contributed by atoms with Gasteiger partial charge in [0.05, 0.1) is 5.69 Å². The summed E-state index contributed by atoms with van der Waals surface area (Å²) in [6, 6.07) is 1.90. The van der Waals surface area contributed by atoms with Gasteiger partial charge in [0.15, 0.2) is 6.17 Å². The lowest BCUT2D eigenvalue weighted by atomic mass is 10.1. The van der Waals surface area contributed by atoms with E-state index in [-0.39, 0.29) is 12.1 Å². The number of fused-ring (bicyclic) bond motifs is 2. The Bertz CT molecular complexity index is 784. The molecule has 2 aliphatic heterocycles. The molecule has 1 atom stereocenters. The van der Waals surface area contributed by atoms with Crippen molar-refractivity contribution in [2.24, 2.45) is 9.98 Å². The second-order valence-corrected chi connectivity index (χ2v) is 4.22. The first-order valence-electron chi connectivity index (χ1n) is 5.74. The van der Waals surface area contributed by atoms with E-state index in [2.05, 4.69) is 30.3 Å². The molecule has 2 aliphatic rings. The summed E-state index contributed by atoms with van der Waals surface area (Å²) in [5.74, 6) is 0.284. The van der Waals surface area contributed by atoms with Crippen molar-refractivity contribution in [1.29, 1.82) is 0 Å². The summed E-state index contributed by atoms with van der Waals surface area (Å²) >= 11 is 0. The summed E-state index contributed by atoms with van der Waals surface area (Å²) < 4.78 is 0. The van der Waals surface area contributed by atoms with Crippen molar-refractivity contribution in [3.8, 4) is 0 Å². The number of amides is 1. The molecule has 0 bridgehead atoms. The Morgan fingerprint density at radius 3 is 3.16 bits per heavy atom. The van der Waals surface area contributed by atoms with E-state index in [9.17, 15) is 4.79 Å². The fourth-order valence-electron chi connectivity index (χ4n) is 2.19. The third kappa shape index (κ3) is 1.48. The molecule has 1 unspecified atom stereocenters. The second-order valence-electron chi connectivity index (χ2n) is 4.22. The Hall–Kier alpha value is -2.83. The normalized spacial score (nSPS) is 21.1. The minimum Gasteiger partial charge on any atom is -0.346 e. The van der Waals surface area contributed by atoms with Crippen LogP contribution in [0, 0.1) is 0 Å². The number of nitrogens with zero attached hydrogens (tertiary/aromatic N) is 4. The highest BCUT2D eigenvalue weighted by Crippen LogP contribution is 2.24. The van der Waals surface area contributed by atoms with E-state index in [0.717, 1.165) is 16.7 Å². The van der Waals surface area contributed by atoms with Crippen molar-refractivity contribution in [3.63, 3.8) is 0 Å². The van der Waals surface area contributed by atoms with E-state index in [1.807, 2.05) is 6.07 Å². The quantitative estimate of drug-likeness (QED) is 0.772. The van der Waals surface area contributed by atoms with Gasteiger partial charge in [0.25, 0.3) is 5.91 Å². The lowest BCUT2D eigenvalue weighted by Gasteiger charge is -2.20. The van der Waals surface area contributed by atoms with Crippen LogP contribution in [0.4, 0.5) is 0 Å². The van der Waals surface area contributed by atoms with Gasteiger partial charge in [0.2, 0.25) is 0 Å². The molecule has 0 saturated heterocycles. The molecule has 0 aliphatic carbocycles. The van der Waals surface area contributed by atoms with Crippen LogP contribution in [0.2, 0.25) is 0 Å². The summed E-state index contributed by atoms with van der Waals surface area (Å²) in [4.78, 5) is 30.9. The SMILES string of the molecule is O=C1C=C2C=NC(c3ncnc4[nH]ccc34)NC2=N1. The Morgan fingerprint density at radius 1 is 1.26 bits per heavy atom. The molecule has 0 aromatic carbocycles. The van der Waals surface area contributed by atoms with E-state index in [0.29, 0.717) is 11.4 Å². The Balaban J connectivity index is 1.81. The first-order chi connectivity index (χ1) is 9.31. The molecule has 92 valence electrons. The van der Waals surface area contributed by atoms with Gasteiger partial charge in [-0.25, -0.2) is 9.97 Å². The minimum absolute atomic E-state index is 0.265. The molecular weight excluding hydrogens is 244 g/mol. The lowest BCUT2D eigenvalue weighted by Crippen LogP contribution is -2.32. The highest BCUT2D eigenvalue weighted by molar-refractivity contribution is 6.26. The van der Waals surface area contributed by atoms with Crippen LogP contribution in [-0.2, 0) is 4.79 Å². The van der Waals surface area contributed by atoms with E-state index >= 15 is 0 Å². The third-order valence-electron chi connectivity index (χ3n) is 3.05. The van der Waals surface area contributed by atoms with Gasteiger partial charge in [-0.2, -0.15) is 4.99 Å².